The largest absolute Gasteiger partial charge is 0.462 e. The molecule has 1 saturated heterocycles. The van der Waals surface area contributed by atoms with Gasteiger partial charge in [-0.3, -0.25) is 4.79 Å². The van der Waals surface area contributed by atoms with Crippen molar-refractivity contribution in [3.05, 3.63) is 23.7 Å². The summed E-state index contributed by atoms with van der Waals surface area (Å²) in [6.45, 7) is 3.36. The van der Waals surface area contributed by atoms with Gasteiger partial charge in [0.15, 0.2) is 0 Å². The molecule has 1 aromatic rings. The van der Waals surface area contributed by atoms with Crippen molar-refractivity contribution in [3.63, 3.8) is 0 Å². The van der Waals surface area contributed by atoms with Crippen LogP contribution in [-0.4, -0.2) is 22.5 Å². The van der Waals surface area contributed by atoms with Gasteiger partial charge in [0.25, 0.3) is 0 Å². The smallest absolute Gasteiger partial charge is 0.223 e. The Labute approximate surface area is 94.9 Å². The van der Waals surface area contributed by atoms with Crippen LogP contribution in [0, 0.1) is 5.92 Å². The molecular weight excluding hydrogens is 206 g/mol. The van der Waals surface area contributed by atoms with Gasteiger partial charge in [-0.25, -0.2) is 0 Å². The fourth-order valence-corrected chi connectivity index (χ4v) is 2.06. The molecule has 0 spiro atoms. The van der Waals surface area contributed by atoms with Crippen molar-refractivity contribution in [3.8, 4) is 0 Å². The quantitative estimate of drug-likeness (QED) is 0.842. The van der Waals surface area contributed by atoms with Gasteiger partial charge < -0.3 is 14.4 Å². The van der Waals surface area contributed by atoms with Crippen molar-refractivity contribution >= 4 is 5.91 Å². The predicted octanol–water partition coefficient (Wildman–Crippen LogP) is 1.53. The first-order valence-electron chi connectivity index (χ1n) is 5.69. The van der Waals surface area contributed by atoms with E-state index in [1.54, 1.807) is 6.07 Å². The van der Waals surface area contributed by atoms with Gasteiger partial charge in [0.2, 0.25) is 5.91 Å². The third-order valence-corrected chi connectivity index (χ3v) is 3.09. The molecule has 4 heteroatoms. The third-order valence-electron chi connectivity index (χ3n) is 3.09. The van der Waals surface area contributed by atoms with Crippen LogP contribution < -0.4 is 0 Å². The van der Waals surface area contributed by atoms with Crippen molar-refractivity contribution in [2.45, 2.75) is 32.9 Å². The summed E-state index contributed by atoms with van der Waals surface area (Å²) in [5.74, 6) is 1.98. The second kappa shape index (κ2) is 4.70. The lowest BCUT2D eigenvalue weighted by Crippen LogP contribution is -2.24. The van der Waals surface area contributed by atoms with Crippen LogP contribution in [0.25, 0.3) is 0 Å². The van der Waals surface area contributed by atoms with E-state index in [0.29, 0.717) is 24.6 Å². The average Bonchev–Trinajstić information content (AvgIpc) is 2.87. The van der Waals surface area contributed by atoms with E-state index in [0.717, 1.165) is 18.7 Å². The Balaban J connectivity index is 1.97. The van der Waals surface area contributed by atoms with E-state index >= 15 is 0 Å². The lowest BCUT2D eigenvalue weighted by molar-refractivity contribution is -0.128. The minimum Gasteiger partial charge on any atom is -0.462 e. The number of rotatable bonds is 4. The summed E-state index contributed by atoms with van der Waals surface area (Å²) in [7, 11) is 0. The number of hydrogen-bond donors (Lipinski definition) is 1. The van der Waals surface area contributed by atoms with E-state index in [2.05, 4.69) is 6.92 Å². The van der Waals surface area contributed by atoms with Crippen LogP contribution in [0.1, 0.15) is 31.3 Å². The highest BCUT2D eigenvalue weighted by Crippen LogP contribution is 2.22. The molecule has 1 atom stereocenters. The zero-order chi connectivity index (χ0) is 11.5. The highest BCUT2D eigenvalue weighted by Gasteiger charge is 2.28. The van der Waals surface area contributed by atoms with Gasteiger partial charge in [0.05, 0.1) is 6.54 Å². The summed E-state index contributed by atoms with van der Waals surface area (Å²) >= 11 is 0. The zero-order valence-corrected chi connectivity index (χ0v) is 9.48. The molecule has 88 valence electrons. The van der Waals surface area contributed by atoms with Crippen LogP contribution >= 0.6 is 0 Å². The molecule has 2 heterocycles. The van der Waals surface area contributed by atoms with E-state index < -0.39 is 0 Å². The summed E-state index contributed by atoms with van der Waals surface area (Å²) in [5, 5.41) is 8.87. The molecule has 1 aromatic heterocycles. The first-order chi connectivity index (χ1) is 7.72. The summed E-state index contributed by atoms with van der Waals surface area (Å²) in [4.78, 5) is 13.5. The molecular formula is C12H17NO3. The molecule has 1 fully saturated rings. The van der Waals surface area contributed by atoms with Crippen LogP contribution in [0.3, 0.4) is 0 Å². The lowest BCUT2D eigenvalue weighted by atomic mass is 10.1. The van der Waals surface area contributed by atoms with Crippen molar-refractivity contribution < 1.29 is 14.3 Å². The number of carbonyl (C=O) groups excluding carboxylic acids is 1. The van der Waals surface area contributed by atoms with Gasteiger partial charge in [-0.1, -0.05) is 13.3 Å². The maximum absolute atomic E-state index is 11.7. The van der Waals surface area contributed by atoms with Crippen molar-refractivity contribution in [1.82, 2.24) is 4.90 Å². The van der Waals surface area contributed by atoms with Crippen LogP contribution in [0.2, 0.25) is 0 Å². The highest BCUT2D eigenvalue weighted by atomic mass is 16.4. The normalized spacial score (nSPS) is 20.8. The van der Waals surface area contributed by atoms with Crippen molar-refractivity contribution in [1.29, 1.82) is 0 Å². The Morgan fingerprint density at radius 1 is 1.50 bits per heavy atom. The van der Waals surface area contributed by atoms with Gasteiger partial charge in [0, 0.05) is 13.0 Å². The maximum Gasteiger partial charge on any atom is 0.223 e. The van der Waals surface area contributed by atoms with Crippen molar-refractivity contribution in [2.75, 3.05) is 6.54 Å². The molecule has 1 unspecified atom stereocenters. The van der Waals surface area contributed by atoms with E-state index in [1.807, 2.05) is 11.0 Å². The number of aliphatic hydroxyl groups excluding tert-OH is 1. The molecule has 4 nitrogen and oxygen atoms in total. The first kappa shape index (κ1) is 11.2. The molecule has 16 heavy (non-hydrogen) atoms. The predicted molar refractivity (Wildman–Crippen MR) is 58.4 cm³/mol. The minimum atomic E-state index is -0.0917. The summed E-state index contributed by atoms with van der Waals surface area (Å²) in [5.41, 5.74) is 0. The fraction of sp³-hybridized carbons (Fsp3) is 0.583. The minimum absolute atomic E-state index is 0.0917. The molecule has 1 aliphatic heterocycles. The molecule has 0 saturated carbocycles. The molecule has 0 bridgehead atoms. The zero-order valence-electron chi connectivity index (χ0n) is 9.48. The summed E-state index contributed by atoms with van der Waals surface area (Å²) < 4.78 is 5.37. The molecule has 0 radical (unpaired) electrons. The monoisotopic (exact) mass is 223 g/mol. The lowest BCUT2D eigenvalue weighted by Gasteiger charge is -2.14. The fourth-order valence-electron chi connectivity index (χ4n) is 2.06. The summed E-state index contributed by atoms with van der Waals surface area (Å²) in [6, 6.07) is 3.56. The second-order valence-corrected chi connectivity index (χ2v) is 4.28. The van der Waals surface area contributed by atoms with Crippen LogP contribution in [0.4, 0.5) is 0 Å². The Hall–Kier alpha value is -1.29. The number of amides is 1. The maximum atomic E-state index is 11.7. The van der Waals surface area contributed by atoms with Crippen LogP contribution in [0.5, 0.6) is 0 Å². The molecule has 1 amide bonds. The summed E-state index contributed by atoms with van der Waals surface area (Å²) in [6.07, 6.45) is 1.70. The molecule has 0 aromatic carbocycles. The number of likely N-dealkylation sites (tertiary alicyclic amines) is 1. The van der Waals surface area contributed by atoms with Gasteiger partial charge in [0.1, 0.15) is 18.1 Å². The van der Waals surface area contributed by atoms with E-state index in [9.17, 15) is 4.79 Å². The topological polar surface area (TPSA) is 53.7 Å². The SMILES string of the molecule is CCC1CC(=O)N(Cc2ccc(CO)o2)C1. The highest BCUT2D eigenvalue weighted by molar-refractivity contribution is 5.78. The third kappa shape index (κ3) is 2.27. The second-order valence-electron chi connectivity index (χ2n) is 4.28. The molecule has 2 rings (SSSR count). The van der Waals surface area contributed by atoms with Gasteiger partial charge in [-0.05, 0) is 18.1 Å². The van der Waals surface area contributed by atoms with Gasteiger partial charge >= 0.3 is 0 Å². The Morgan fingerprint density at radius 2 is 2.25 bits per heavy atom. The number of furan rings is 1. The number of nitrogens with zero attached hydrogens (tertiary/aromatic N) is 1. The Kier molecular flexibility index (Phi) is 3.29. The Bertz CT molecular complexity index is 372. The number of aliphatic hydroxyl groups is 1. The molecule has 1 N–H and O–H groups in total. The Morgan fingerprint density at radius 3 is 2.81 bits per heavy atom. The van der Waals surface area contributed by atoms with E-state index in [1.165, 1.54) is 0 Å². The first-order valence-corrected chi connectivity index (χ1v) is 5.69. The molecule has 1 aliphatic rings. The number of hydrogen-bond acceptors (Lipinski definition) is 3. The van der Waals surface area contributed by atoms with Crippen molar-refractivity contribution in [2.24, 2.45) is 5.92 Å². The standard InChI is InChI=1S/C12H17NO3/c1-2-9-5-12(15)13(6-9)7-10-3-4-11(8-14)16-10/h3-4,9,14H,2,5-8H2,1H3. The van der Waals surface area contributed by atoms with Crippen LogP contribution in [0.15, 0.2) is 16.5 Å². The number of carbonyl (C=O) groups is 1. The van der Waals surface area contributed by atoms with Crippen LogP contribution in [-0.2, 0) is 17.9 Å². The van der Waals surface area contributed by atoms with Gasteiger partial charge in [-0.15, -0.1) is 0 Å². The van der Waals surface area contributed by atoms with E-state index in [4.69, 9.17) is 9.52 Å². The average molecular weight is 223 g/mol. The van der Waals surface area contributed by atoms with Gasteiger partial charge in [-0.2, -0.15) is 0 Å². The molecule has 0 aliphatic carbocycles. The van der Waals surface area contributed by atoms with E-state index in [-0.39, 0.29) is 12.5 Å².